The smallest absolute Gasteiger partial charge is 0.305 e. The Hall–Kier alpha value is -0.610. The molecule has 0 bridgehead atoms. The van der Waals surface area contributed by atoms with Crippen molar-refractivity contribution in [3.63, 3.8) is 0 Å². The van der Waals surface area contributed by atoms with E-state index in [4.69, 9.17) is 4.74 Å². The molecular formula is C8H9BrO3. The Morgan fingerprint density at radius 1 is 1.67 bits per heavy atom. The van der Waals surface area contributed by atoms with Gasteiger partial charge >= 0.3 is 5.97 Å². The fourth-order valence-electron chi connectivity index (χ4n) is 0.905. The van der Waals surface area contributed by atoms with Crippen LogP contribution in [0.2, 0.25) is 0 Å². The molecule has 12 heavy (non-hydrogen) atoms. The molecule has 0 radical (unpaired) electrons. The maximum atomic E-state index is 10.6. The first kappa shape index (κ1) is 9.48. The van der Waals surface area contributed by atoms with Crippen LogP contribution < -0.4 is 0 Å². The predicted molar refractivity (Wildman–Crippen MR) is 47.7 cm³/mol. The molecule has 0 fully saturated rings. The Bertz CT molecular complexity index is 247. The highest BCUT2D eigenvalue weighted by molar-refractivity contribution is 9.09. The summed E-state index contributed by atoms with van der Waals surface area (Å²) in [6.07, 6.45) is 6.51. The van der Waals surface area contributed by atoms with Gasteiger partial charge in [0.05, 0.1) is 0 Å². The predicted octanol–water partition coefficient (Wildman–Crippen LogP) is 1.13. The quantitative estimate of drug-likeness (QED) is 0.419. The third-order valence-corrected chi connectivity index (χ3v) is 2.39. The standard InChI is InChI=1S/C8H9BrO3/c1-6(10)12-8(11)5-3-2-4-7(8)9/h2-5,7,11H,1H3/t7-,8-/m0/s1. The number of halogens is 1. The van der Waals surface area contributed by atoms with Crippen LogP contribution in [0.15, 0.2) is 24.3 Å². The molecule has 0 aromatic carbocycles. The molecule has 0 heterocycles. The lowest BCUT2D eigenvalue weighted by Gasteiger charge is -2.28. The van der Waals surface area contributed by atoms with Gasteiger partial charge in [0.2, 0.25) is 5.79 Å². The van der Waals surface area contributed by atoms with E-state index in [9.17, 15) is 9.90 Å². The van der Waals surface area contributed by atoms with Crippen LogP contribution in [-0.2, 0) is 9.53 Å². The maximum absolute atomic E-state index is 10.6. The summed E-state index contributed by atoms with van der Waals surface area (Å²) in [5.74, 6) is -2.05. The molecule has 0 amide bonds. The third-order valence-electron chi connectivity index (χ3n) is 1.43. The summed E-state index contributed by atoms with van der Waals surface area (Å²) < 4.78 is 4.72. The topological polar surface area (TPSA) is 46.5 Å². The Balaban J connectivity index is 2.76. The summed E-state index contributed by atoms with van der Waals surface area (Å²) in [4.78, 5) is 10.2. The summed E-state index contributed by atoms with van der Waals surface area (Å²) in [6, 6.07) is 0. The van der Waals surface area contributed by atoms with E-state index in [1.54, 1.807) is 18.2 Å². The van der Waals surface area contributed by atoms with Crippen molar-refractivity contribution in [3.05, 3.63) is 24.3 Å². The van der Waals surface area contributed by atoms with Crippen LogP contribution >= 0.6 is 15.9 Å². The van der Waals surface area contributed by atoms with Crippen molar-refractivity contribution in [2.45, 2.75) is 17.5 Å². The number of alkyl halides is 1. The average molecular weight is 233 g/mol. The fraction of sp³-hybridized carbons (Fsp3) is 0.375. The second-order valence-electron chi connectivity index (χ2n) is 2.49. The first-order valence-electron chi connectivity index (χ1n) is 3.46. The van der Waals surface area contributed by atoms with Crippen LogP contribution in [0.1, 0.15) is 6.92 Å². The SMILES string of the molecule is CC(=O)O[C@@]1(O)C=CC=C[C@@H]1Br. The maximum Gasteiger partial charge on any atom is 0.305 e. The highest BCUT2D eigenvalue weighted by Gasteiger charge is 2.35. The number of rotatable bonds is 1. The molecule has 3 nitrogen and oxygen atoms in total. The summed E-state index contributed by atoms with van der Waals surface area (Å²) in [7, 11) is 0. The van der Waals surface area contributed by atoms with Gasteiger partial charge in [0.15, 0.2) is 0 Å². The molecular weight excluding hydrogens is 224 g/mol. The van der Waals surface area contributed by atoms with Gasteiger partial charge in [0, 0.05) is 6.92 Å². The van der Waals surface area contributed by atoms with Crippen molar-refractivity contribution in [1.82, 2.24) is 0 Å². The minimum absolute atomic E-state index is 0.390. The minimum atomic E-state index is -1.54. The second-order valence-corrected chi connectivity index (χ2v) is 3.48. The summed E-state index contributed by atoms with van der Waals surface area (Å²) in [6.45, 7) is 1.25. The highest BCUT2D eigenvalue weighted by Crippen LogP contribution is 2.25. The largest absolute Gasteiger partial charge is 0.428 e. The lowest BCUT2D eigenvalue weighted by molar-refractivity contribution is -0.184. The molecule has 1 N–H and O–H groups in total. The van der Waals surface area contributed by atoms with Crippen molar-refractivity contribution in [1.29, 1.82) is 0 Å². The number of hydrogen-bond acceptors (Lipinski definition) is 3. The first-order chi connectivity index (χ1) is 5.54. The number of carbonyl (C=O) groups is 1. The van der Waals surface area contributed by atoms with E-state index in [0.29, 0.717) is 0 Å². The second kappa shape index (κ2) is 3.41. The van der Waals surface area contributed by atoms with Crippen molar-refractivity contribution in [3.8, 4) is 0 Å². The number of carbonyl (C=O) groups excluding carboxylic acids is 1. The van der Waals surface area contributed by atoms with Crippen molar-refractivity contribution in [2.75, 3.05) is 0 Å². The first-order valence-corrected chi connectivity index (χ1v) is 4.38. The van der Waals surface area contributed by atoms with Gasteiger partial charge in [-0.3, -0.25) is 4.79 Å². The van der Waals surface area contributed by atoms with Gasteiger partial charge in [-0.15, -0.1) is 0 Å². The van der Waals surface area contributed by atoms with Crippen LogP contribution in [0, 0.1) is 0 Å². The van der Waals surface area contributed by atoms with Crippen LogP contribution in [0.4, 0.5) is 0 Å². The van der Waals surface area contributed by atoms with E-state index in [1.165, 1.54) is 13.0 Å². The summed E-state index contributed by atoms with van der Waals surface area (Å²) >= 11 is 3.17. The number of allylic oxidation sites excluding steroid dienone is 2. The Labute approximate surface area is 78.8 Å². The van der Waals surface area contributed by atoms with Gasteiger partial charge in [-0.25, -0.2) is 0 Å². The molecule has 1 aliphatic carbocycles. The zero-order chi connectivity index (χ0) is 9.19. The lowest BCUT2D eigenvalue weighted by Crippen LogP contribution is -2.41. The zero-order valence-corrected chi connectivity index (χ0v) is 8.11. The van der Waals surface area contributed by atoms with E-state index in [1.807, 2.05) is 0 Å². The minimum Gasteiger partial charge on any atom is -0.428 e. The molecule has 4 heteroatoms. The Morgan fingerprint density at radius 3 is 2.83 bits per heavy atom. The van der Waals surface area contributed by atoms with Crippen LogP contribution in [0.25, 0.3) is 0 Å². The van der Waals surface area contributed by atoms with Crippen LogP contribution in [0.5, 0.6) is 0 Å². The summed E-state index contributed by atoms with van der Waals surface area (Å²) in [5.41, 5.74) is 0. The molecule has 0 unspecified atom stereocenters. The number of hydrogen-bond donors (Lipinski definition) is 1. The van der Waals surface area contributed by atoms with Gasteiger partial charge in [-0.05, 0) is 6.08 Å². The van der Waals surface area contributed by atoms with Crippen molar-refractivity contribution < 1.29 is 14.6 Å². The molecule has 0 aliphatic heterocycles. The highest BCUT2D eigenvalue weighted by atomic mass is 79.9. The van der Waals surface area contributed by atoms with Crippen molar-refractivity contribution in [2.24, 2.45) is 0 Å². The molecule has 0 saturated heterocycles. The molecule has 0 saturated carbocycles. The van der Waals surface area contributed by atoms with E-state index in [-0.39, 0.29) is 4.83 Å². The van der Waals surface area contributed by atoms with Gasteiger partial charge in [0.1, 0.15) is 4.83 Å². The average Bonchev–Trinajstić information content (AvgIpc) is 1.94. The number of ether oxygens (including phenoxy) is 1. The number of esters is 1. The summed E-state index contributed by atoms with van der Waals surface area (Å²) in [5, 5.41) is 9.68. The Kier molecular flexibility index (Phi) is 2.69. The molecule has 0 aromatic heterocycles. The van der Waals surface area contributed by atoms with E-state index in [0.717, 1.165) is 0 Å². The third kappa shape index (κ3) is 1.95. The van der Waals surface area contributed by atoms with Gasteiger partial charge in [-0.1, -0.05) is 34.2 Å². The molecule has 0 spiro atoms. The van der Waals surface area contributed by atoms with Gasteiger partial charge in [0.25, 0.3) is 0 Å². The zero-order valence-electron chi connectivity index (χ0n) is 6.53. The van der Waals surface area contributed by atoms with E-state index >= 15 is 0 Å². The van der Waals surface area contributed by atoms with Gasteiger partial charge in [-0.2, -0.15) is 0 Å². The van der Waals surface area contributed by atoms with E-state index in [2.05, 4.69) is 15.9 Å². The van der Waals surface area contributed by atoms with Crippen LogP contribution in [-0.4, -0.2) is 21.7 Å². The van der Waals surface area contributed by atoms with Gasteiger partial charge < -0.3 is 9.84 Å². The monoisotopic (exact) mass is 232 g/mol. The lowest BCUT2D eigenvalue weighted by atomic mass is 10.1. The molecule has 66 valence electrons. The fourth-order valence-corrected chi connectivity index (χ4v) is 1.33. The number of aliphatic hydroxyl groups is 1. The Morgan fingerprint density at radius 2 is 2.33 bits per heavy atom. The molecule has 1 aliphatic rings. The molecule has 2 atom stereocenters. The molecule has 0 aromatic rings. The van der Waals surface area contributed by atoms with Crippen molar-refractivity contribution >= 4 is 21.9 Å². The molecule has 1 rings (SSSR count). The van der Waals surface area contributed by atoms with E-state index < -0.39 is 11.8 Å². The normalized spacial score (nSPS) is 33.4. The van der Waals surface area contributed by atoms with Crippen LogP contribution in [0.3, 0.4) is 0 Å².